The number of aromatic hydroxyl groups is 1. The fraction of sp³-hybridized carbons (Fsp3) is 0.200. The van der Waals surface area contributed by atoms with Crippen LogP contribution in [0.4, 0.5) is 0 Å². The number of hydrogen-bond acceptors (Lipinski definition) is 1. The second-order valence-corrected chi connectivity index (χ2v) is 5.92. The van der Waals surface area contributed by atoms with Crippen molar-refractivity contribution in [1.82, 2.24) is 0 Å². The van der Waals surface area contributed by atoms with Crippen molar-refractivity contribution in [2.75, 3.05) is 0 Å². The quantitative estimate of drug-likeness (QED) is 0.809. The molecule has 0 bridgehead atoms. The largest absolute Gasteiger partial charge is 0.508 e. The first-order valence-corrected chi connectivity index (χ1v) is 6.63. The first kappa shape index (κ1) is 12.4. The zero-order valence-electron chi connectivity index (χ0n) is 9.94. The highest BCUT2D eigenvalue weighted by Gasteiger charge is 2.22. The van der Waals surface area contributed by atoms with Gasteiger partial charge in [-0.2, -0.15) is 0 Å². The third-order valence-electron chi connectivity index (χ3n) is 3.15. The summed E-state index contributed by atoms with van der Waals surface area (Å²) in [5.41, 5.74) is 2.44. The highest BCUT2D eigenvalue weighted by molar-refractivity contribution is 14.1. The molecule has 17 heavy (non-hydrogen) atoms. The number of phenols is 1. The van der Waals surface area contributed by atoms with E-state index in [0.717, 1.165) is 0 Å². The van der Waals surface area contributed by atoms with Crippen LogP contribution in [0.2, 0.25) is 0 Å². The van der Waals surface area contributed by atoms with Crippen LogP contribution in [0.15, 0.2) is 48.5 Å². The molecule has 2 aromatic rings. The Kier molecular flexibility index (Phi) is 3.43. The van der Waals surface area contributed by atoms with E-state index in [1.54, 1.807) is 12.1 Å². The Morgan fingerprint density at radius 3 is 1.71 bits per heavy atom. The first-order chi connectivity index (χ1) is 8.00. The second-order valence-electron chi connectivity index (χ2n) is 4.68. The van der Waals surface area contributed by atoms with Gasteiger partial charge in [-0.25, -0.2) is 0 Å². The molecule has 0 radical (unpaired) electrons. The Bertz CT molecular complexity index is 450. The SMILES string of the molecule is CC(C)(c1ccc(O)cc1)c1ccc(I)cc1. The van der Waals surface area contributed by atoms with Gasteiger partial charge in [-0.1, -0.05) is 38.1 Å². The van der Waals surface area contributed by atoms with Gasteiger partial charge in [0.2, 0.25) is 0 Å². The molecular formula is C15H15IO. The first-order valence-electron chi connectivity index (χ1n) is 5.56. The minimum Gasteiger partial charge on any atom is -0.508 e. The minimum atomic E-state index is -0.0436. The summed E-state index contributed by atoms with van der Waals surface area (Å²) in [6, 6.07) is 16.0. The van der Waals surface area contributed by atoms with E-state index in [9.17, 15) is 5.11 Å². The molecule has 88 valence electrons. The number of benzene rings is 2. The van der Waals surface area contributed by atoms with E-state index in [2.05, 4.69) is 60.7 Å². The molecule has 1 nitrogen and oxygen atoms in total. The average molecular weight is 338 g/mol. The van der Waals surface area contributed by atoms with Crippen LogP contribution in [0.5, 0.6) is 5.75 Å². The van der Waals surface area contributed by atoms with Crippen LogP contribution in [0, 0.1) is 3.57 Å². The van der Waals surface area contributed by atoms with E-state index in [0.29, 0.717) is 5.75 Å². The van der Waals surface area contributed by atoms with E-state index in [4.69, 9.17) is 0 Å². The van der Waals surface area contributed by atoms with Gasteiger partial charge in [0.15, 0.2) is 0 Å². The van der Waals surface area contributed by atoms with Gasteiger partial charge in [-0.15, -0.1) is 0 Å². The van der Waals surface area contributed by atoms with Crippen LogP contribution >= 0.6 is 22.6 Å². The summed E-state index contributed by atoms with van der Waals surface area (Å²) < 4.78 is 1.24. The molecule has 0 saturated carbocycles. The Morgan fingerprint density at radius 2 is 1.24 bits per heavy atom. The summed E-state index contributed by atoms with van der Waals surface area (Å²) >= 11 is 2.31. The lowest BCUT2D eigenvalue weighted by molar-refractivity contribution is 0.474. The molecule has 0 aliphatic heterocycles. The monoisotopic (exact) mass is 338 g/mol. The van der Waals surface area contributed by atoms with E-state index < -0.39 is 0 Å². The van der Waals surface area contributed by atoms with Gasteiger partial charge in [0.05, 0.1) is 0 Å². The Morgan fingerprint density at radius 1 is 0.824 bits per heavy atom. The Balaban J connectivity index is 2.41. The van der Waals surface area contributed by atoms with Gasteiger partial charge in [0.25, 0.3) is 0 Å². The fourth-order valence-corrected chi connectivity index (χ4v) is 2.27. The van der Waals surface area contributed by atoms with Crippen molar-refractivity contribution in [3.63, 3.8) is 0 Å². The van der Waals surface area contributed by atoms with Crippen LogP contribution in [-0.4, -0.2) is 5.11 Å². The van der Waals surface area contributed by atoms with E-state index in [-0.39, 0.29) is 5.41 Å². The topological polar surface area (TPSA) is 20.2 Å². The van der Waals surface area contributed by atoms with E-state index >= 15 is 0 Å². The van der Waals surface area contributed by atoms with Gasteiger partial charge >= 0.3 is 0 Å². The summed E-state index contributed by atoms with van der Waals surface area (Å²) in [7, 11) is 0. The number of rotatable bonds is 2. The second kappa shape index (κ2) is 4.69. The van der Waals surface area contributed by atoms with E-state index in [1.807, 2.05) is 12.1 Å². The lowest BCUT2D eigenvalue weighted by Gasteiger charge is -2.26. The summed E-state index contributed by atoms with van der Waals surface area (Å²) in [4.78, 5) is 0. The molecule has 2 heteroatoms. The lowest BCUT2D eigenvalue weighted by Crippen LogP contribution is -2.18. The molecule has 1 N–H and O–H groups in total. The van der Waals surface area contributed by atoms with E-state index in [1.165, 1.54) is 14.7 Å². The molecule has 0 saturated heterocycles. The molecule has 0 fully saturated rings. The molecule has 2 aromatic carbocycles. The van der Waals surface area contributed by atoms with Crippen molar-refractivity contribution in [2.45, 2.75) is 19.3 Å². The molecule has 0 atom stereocenters. The van der Waals surface area contributed by atoms with Crippen molar-refractivity contribution < 1.29 is 5.11 Å². The van der Waals surface area contributed by atoms with Gasteiger partial charge in [0.1, 0.15) is 5.75 Å². The zero-order chi connectivity index (χ0) is 12.5. The van der Waals surface area contributed by atoms with Crippen LogP contribution in [0.25, 0.3) is 0 Å². The number of phenolic OH excluding ortho intramolecular Hbond substituents is 1. The Hall–Kier alpha value is -1.03. The molecule has 0 aromatic heterocycles. The molecule has 0 spiro atoms. The van der Waals surface area contributed by atoms with Crippen LogP contribution in [0.1, 0.15) is 25.0 Å². The van der Waals surface area contributed by atoms with Crippen LogP contribution in [0.3, 0.4) is 0 Å². The number of hydrogen-bond donors (Lipinski definition) is 1. The highest BCUT2D eigenvalue weighted by Crippen LogP contribution is 2.32. The summed E-state index contributed by atoms with van der Waals surface area (Å²) in [5.74, 6) is 0.312. The van der Waals surface area contributed by atoms with Crippen LogP contribution < -0.4 is 0 Å². The molecule has 2 rings (SSSR count). The predicted molar refractivity (Wildman–Crippen MR) is 79.4 cm³/mol. The highest BCUT2D eigenvalue weighted by atomic mass is 127. The summed E-state index contributed by atoms with van der Waals surface area (Å²) in [5, 5.41) is 9.33. The maximum absolute atomic E-state index is 9.33. The van der Waals surface area contributed by atoms with Crippen molar-refractivity contribution in [3.05, 3.63) is 63.2 Å². The third kappa shape index (κ3) is 2.63. The summed E-state index contributed by atoms with van der Waals surface area (Å²) in [6.07, 6.45) is 0. The molecule has 0 heterocycles. The molecule has 0 unspecified atom stereocenters. The third-order valence-corrected chi connectivity index (χ3v) is 3.87. The maximum Gasteiger partial charge on any atom is 0.115 e. The van der Waals surface area contributed by atoms with Gasteiger partial charge in [0, 0.05) is 8.99 Å². The van der Waals surface area contributed by atoms with Crippen LogP contribution in [-0.2, 0) is 5.41 Å². The van der Waals surface area contributed by atoms with Crippen molar-refractivity contribution in [2.24, 2.45) is 0 Å². The van der Waals surface area contributed by atoms with Gasteiger partial charge in [-0.05, 0) is 58.0 Å². The Labute approximate surface area is 116 Å². The van der Waals surface area contributed by atoms with Gasteiger partial charge < -0.3 is 5.11 Å². The van der Waals surface area contributed by atoms with Crippen molar-refractivity contribution >= 4 is 22.6 Å². The standard InChI is InChI=1S/C15H15IO/c1-15(2,11-3-7-13(16)8-4-11)12-5-9-14(17)10-6-12/h3-10,17H,1-2H3. The smallest absolute Gasteiger partial charge is 0.115 e. The van der Waals surface area contributed by atoms with Crippen molar-refractivity contribution in [1.29, 1.82) is 0 Å². The predicted octanol–water partition coefficient (Wildman–Crippen LogP) is 4.32. The maximum atomic E-state index is 9.33. The van der Waals surface area contributed by atoms with Crippen molar-refractivity contribution in [3.8, 4) is 5.75 Å². The number of halogens is 1. The molecule has 0 aliphatic rings. The average Bonchev–Trinajstić information content (AvgIpc) is 2.30. The minimum absolute atomic E-state index is 0.0436. The lowest BCUT2D eigenvalue weighted by atomic mass is 9.78. The van der Waals surface area contributed by atoms with Gasteiger partial charge in [-0.3, -0.25) is 0 Å². The fourth-order valence-electron chi connectivity index (χ4n) is 1.91. The molecular weight excluding hydrogens is 323 g/mol. The molecule has 0 amide bonds. The normalized spacial score (nSPS) is 11.5. The summed E-state index contributed by atoms with van der Waals surface area (Å²) in [6.45, 7) is 4.39. The molecule has 0 aliphatic carbocycles. The zero-order valence-corrected chi connectivity index (χ0v) is 12.1.